The van der Waals surface area contributed by atoms with Crippen molar-refractivity contribution in [3.63, 3.8) is 0 Å². The molecule has 0 aliphatic heterocycles. The Labute approximate surface area is 164 Å². The van der Waals surface area contributed by atoms with Gasteiger partial charge in [0.2, 0.25) is 0 Å². The molecule has 26 heavy (non-hydrogen) atoms. The first-order chi connectivity index (χ1) is 12.6. The first kappa shape index (κ1) is 18.8. The molecule has 0 aromatic heterocycles. The minimum absolute atomic E-state index is 0.289. The molecule has 0 aliphatic carbocycles. The van der Waals surface area contributed by atoms with Crippen LogP contribution < -0.4 is 10.1 Å². The van der Waals surface area contributed by atoms with Gasteiger partial charge in [0.05, 0.1) is 10.0 Å². The molecule has 2 nitrogen and oxygen atoms in total. The fourth-order valence-corrected chi connectivity index (χ4v) is 2.99. The summed E-state index contributed by atoms with van der Waals surface area (Å²) >= 11 is 12.0. The van der Waals surface area contributed by atoms with E-state index in [0.717, 1.165) is 17.9 Å². The average molecular weight is 386 g/mol. The van der Waals surface area contributed by atoms with Crippen molar-refractivity contribution in [2.75, 3.05) is 0 Å². The van der Waals surface area contributed by atoms with E-state index < -0.39 is 0 Å². The molecule has 1 N–H and O–H groups in total. The fraction of sp³-hybridized carbons (Fsp3) is 0.182. The van der Waals surface area contributed by atoms with Gasteiger partial charge in [-0.3, -0.25) is 0 Å². The zero-order chi connectivity index (χ0) is 18.4. The normalized spacial score (nSPS) is 12.0. The van der Waals surface area contributed by atoms with Crippen LogP contribution in [0.25, 0.3) is 0 Å². The van der Waals surface area contributed by atoms with Gasteiger partial charge < -0.3 is 10.1 Å². The Balaban J connectivity index is 1.56. The number of ether oxygens (including phenoxy) is 1. The van der Waals surface area contributed by atoms with E-state index in [1.54, 1.807) is 6.07 Å². The molecule has 0 bridgehead atoms. The predicted octanol–water partition coefficient (Wildman–Crippen LogP) is 6.42. The quantitative estimate of drug-likeness (QED) is 0.506. The van der Waals surface area contributed by atoms with Gasteiger partial charge in [-0.1, -0.05) is 71.7 Å². The summed E-state index contributed by atoms with van der Waals surface area (Å²) in [6, 6.07) is 24.4. The Hall–Kier alpha value is -2.00. The summed E-state index contributed by atoms with van der Waals surface area (Å²) in [5, 5.41) is 4.64. The van der Waals surface area contributed by atoms with Crippen LogP contribution in [0.5, 0.6) is 5.75 Å². The third-order valence-electron chi connectivity index (χ3n) is 4.20. The molecule has 3 aromatic rings. The summed E-state index contributed by atoms with van der Waals surface area (Å²) < 4.78 is 5.89. The number of benzene rings is 3. The van der Waals surface area contributed by atoms with Crippen molar-refractivity contribution in [1.82, 2.24) is 5.32 Å². The predicted molar refractivity (Wildman–Crippen MR) is 109 cm³/mol. The Morgan fingerprint density at radius 1 is 0.846 bits per heavy atom. The molecular weight excluding hydrogens is 365 g/mol. The minimum Gasteiger partial charge on any atom is -0.489 e. The maximum absolute atomic E-state index is 6.05. The zero-order valence-corrected chi connectivity index (χ0v) is 16.1. The number of rotatable bonds is 7. The van der Waals surface area contributed by atoms with E-state index in [1.807, 2.05) is 30.3 Å². The van der Waals surface area contributed by atoms with E-state index in [9.17, 15) is 0 Å². The van der Waals surface area contributed by atoms with Gasteiger partial charge in [0.1, 0.15) is 12.4 Å². The van der Waals surface area contributed by atoms with E-state index in [0.29, 0.717) is 16.7 Å². The van der Waals surface area contributed by atoms with Gasteiger partial charge in [-0.15, -0.1) is 0 Å². The van der Waals surface area contributed by atoms with Crippen molar-refractivity contribution >= 4 is 23.2 Å². The van der Waals surface area contributed by atoms with Gasteiger partial charge in [0.25, 0.3) is 0 Å². The molecule has 3 aromatic carbocycles. The topological polar surface area (TPSA) is 21.3 Å². The van der Waals surface area contributed by atoms with Gasteiger partial charge in [0, 0.05) is 12.6 Å². The van der Waals surface area contributed by atoms with Crippen LogP contribution in [0.3, 0.4) is 0 Å². The van der Waals surface area contributed by atoms with Crippen LogP contribution in [0, 0.1) is 0 Å². The van der Waals surface area contributed by atoms with Gasteiger partial charge >= 0.3 is 0 Å². The van der Waals surface area contributed by atoms with E-state index in [-0.39, 0.29) is 6.04 Å². The molecule has 0 unspecified atom stereocenters. The second-order valence-corrected chi connectivity index (χ2v) is 7.01. The molecule has 0 radical (unpaired) electrons. The Bertz CT molecular complexity index is 852. The first-order valence-electron chi connectivity index (χ1n) is 8.56. The van der Waals surface area contributed by atoms with Crippen LogP contribution in [0.4, 0.5) is 0 Å². The summed E-state index contributed by atoms with van der Waals surface area (Å²) in [7, 11) is 0. The molecular formula is C22H21Cl2NO. The molecule has 0 heterocycles. The SMILES string of the molecule is C[C@@H](NCc1cccc(OCc2ccc(Cl)c(Cl)c2)c1)c1ccccc1. The van der Waals surface area contributed by atoms with Crippen molar-refractivity contribution < 1.29 is 4.74 Å². The lowest BCUT2D eigenvalue weighted by molar-refractivity contribution is 0.306. The Morgan fingerprint density at radius 3 is 2.42 bits per heavy atom. The minimum atomic E-state index is 0.289. The van der Waals surface area contributed by atoms with Crippen LogP contribution in [-0.4, -0.2) is 0 Å². The second-order valence-electron chi connectivity index (χ2n) is 6.20. The molecule has 4 heteroatoms. The highest BCUT2D eigenvalue weighted by Gasteiger charge is 2.05. The molecule has 0 saturated heterocycles. The molecule has 0 saturated carbocycles. The van der Waals surface area contributed by atoms with Crippen molar-refractivity contribution in [2.45, 2.75) is 26.1 Å². The second kappa shape index (κ2) is 9.09. The third kappa shape index (κ3) is 5.25. The molecule has 3 rings (SSSR count). The monoisotopic (exact) mass is 385 g/mol. The summed E-state index contributed by atoms with van der Waals surface area (Å²) in [6.45, 7) is 3.40. The highest BCUT2D eigenvalue weighted by Crippen LogP contribution is 2.24. The highest BCUT2D eigenvalue weighted by atomic mass is 35.5. The number of nitrogens with one attached hydrogen (secondary N) is 1. The molecule has 134 valence electrons. The molecule has 1 atom stereocenters. The summed E-state index contributed by atoms with van der Waals surface area (Å²) in [4.78, 5) is 0. The lowest BCUT2D eigenvalue weighted by Gasteiger charge is -2.15. The van der Waals surface area contributed by atoms with Gasteiger partial charge in [0.15, 0.2) is 0 Å². The van der Waals surface area contributed by atoms with Crippen LogP contribution in [0.1, 0.15) is 29.7 Å². The lowest BCUT2D eigenvalue weighted by atomic mass is 10.1. The Morgan fingerprint density at radius 2 is 1.65 bits per heavy atom. The third-order valence-corrected chi connectivity index (χ3v) is 4.94. The number of halogens is 2. The van der Waals surface area contributed by atoms with Crippen molar-refractivity contribution in [2.24, 2.45) is 0 Å². The maximum atomic E-state index is 6.05. The van der Waals surface area contributed by atoms with Crippen LogP contribution in [0.2, 0.25) is 10.0 Å². The molecule has 0 aliphatic rings. The fourth-order valence-electron chi connectivity index (χ4n) is 2.67. The van der Waals surface area contributed by atoms with Gasteiger partial charge in [-0.2, -0.15) is 0 Å². The summed E-state index contributed by atoms with van der Waals surface area (Å²) in [6.07, 6.45) is 0. The number of hydrogen-bond donors (Lipinski definition) is 1. The van der Waals surface area contributed by atoms with Crippen molar-refractivity contribution in [3.8, 4) is 5.75 Å². The van der Waals surface area contributed by atoms with Crippen LogP contribution in [-0.2, 0) is 13.2 Å². The lowest BCUT2D eigenvalue weighted by Crippen LogP contribution is -2.17. The van der Waals surface area contributed by atoms with Crippen LogP contribution >= 0.6 is 23.2 Å². The average Bonchev–Trinajstić information content (AvgIpc) is 2.68. The van der Waals surface area contributed by atoms with Gasteiger partial charge in [-0.25, -0.2) is 0 Å². The maximum Gasteiger partial charge on any atom is 0.120 e. The number of hydrogen-bond acceptors (Lipinski definition) is 2. The Kier molecular flexibility index (Phi) is 6.56. The molecule has 0 fully saturated rings. The summed E-state index contributed by atoms with van der Waals surface area (Å²) in [5.74, 6) is 0.836. The zero-order valence-electron chi connectivity index (χ0n) is 14.6. The van der Waals surface area contributed by atoms with E-state index in [2.05, 4.69) is 48.6 Å². The molecule has 0 spiro atoms. The van der Waals surface area contributed by atoms with E-state index in [1.165, 1.54) is 11.1 Å². The van der Waals surface area contributed by atoms with Gasteiger partial charge in [-0.05, 0) is 47.9 Å². The smallest absolute Gasteiger partial charge is 0.120 e. The highest BCUT2D eigenvalue weighted by molar-refractivity contribution is 6.42. The first-order valence-corrected chi connectivity index (χ1v) is 9.31. The standard InChI is InChI=1S/C22H21Cl2NO/c1-16(19-7-3-2-4-8-19)25-14-17-6-5-9-20(12-17)26-15-18-10-11-21(23)22(24)13-18/h2-13,16,25H,14-15H2,1H3/t16-/m1/s1. The van der Waals surface area contributed by atoms with Crippen molar-refractivity contribution in [1.29, 1.82) is 0 Å². The summed E-state index contributed by atoms with van der Waals surface area (Å²) in [5.41, 5.74) is 3.44. The van der Waals surface area contributed by atoms with E-state index >= 15 is 0 Å². The van der Waals surface area contributed by atoms with E-state index in [4.69, 9.17) is 27.9 Å². The van der Waals surface area contributed by atoms with Crippen molar-refractivity contribution in [3.05, 3.63) is 99.5 Å². The largest absolute Gasteiger partial charge is 0.489 e. The molecule has 0 amide bonds. The van der Waals surface area contributed by atoms with Crippen LogP contribution in [0.15, 0.2) is 72.8 Å².